The van der Waals surface area contributed by atoms with Gasteiger partial charge in [-0.25, -0.2) is 4.39 Å². The van der Waals surface area contributed by atoms with Crippen molar-refractivity contribution in [1.29, 1.82) is 0 Å². The van der Waals surface area contributed by atoms with Crippen molar-refractivity contribution >= 4 is 17.6 Å². The molecule has 1 heterocycles. The van der Waals surface area contributed by atoms with Crippen molar-refractivity contribution in [2.24, 2.45) is 0 Å². The number of hydrogen-bond acceptors (Lipinski definition) is 7. The first-order chi connectivity index (χ1) is 10.9. The number of aliphatic hydroxyl groups is 1. The summed E-state index contributed by atoms with van der Waals surface area (Å²) in [7, 11) is 1.91. The van der Waals surface area contributed by atoms with Crippen molar-refractivity contribution in [3.05, 3.63) is 35.9 Å². The van der Waals surface area contributed by atoms with Crippen molar-refractivity contribution in [1.82, 2.24) is 19.9 Å². The molecule has 0 saturated carbocycles. The standard InChI is InChI=1S/C15H21FN6O/c1-10(23)7-8-22(2)9-13-19-14(17)21-15(20-13)18-12-5-3-11(16)4-6-12/h3-6,10,23H,7-9H2,1-2H3,(H3,17,18,19,20,21). The Bertz CT molecular complexity index is 634. The minimum Gasteiger partial charge on any atom is -0.393 e. The van der Waals surface area contributed by atoms with Crippen LogP contribution in [0.3, 0.4) is 0 Å². The molecule has 0 aliphatic heterocycles. The molecule has 7 nitrogen and oxygen atoms in total. The topological polar surface area (TPSA) is 100 Å². The maximum atomic E-state index is 12.9. The zero-order valence-electron chi connectivity index (χ0n) is 13.2. The number of benzene rings is 1. The molecule has 1 aromatic carbocycles. The van der Waals surface area contributed by atoms with Crippen LogP contribution in [0, 0.1) is 5.82 Å². The lowest BCUT2D eigenvalue weighted by atomic mass is 10.3. The summed E-state index contributed by atoms with van der Waals surface area (Å²) in [5.74, 6) is 0.632. The number of rotatable bonds is 7. The number of aliphatic hydroxyl groups excluding tert-OH is 1. The second kappa shape index (κ2) is 7.80. The molecule has 23 heavy (non-hydrogen) atoms. The smallest absolute Gasteiger partial charge is 0.232 e. The van der Waals surface area contributed by atoms with Gasteiger partial charge in [-0.15, -0.1) is 0 Å². The summed E-state index contributed by atoms with van der Waals surface area (Å²) in [6.45, 7) is 2.95. The van der Waals surface area contributed by atoms with Gasteiger partial charge >= 0.3 is 0 Å². The van der Waals surface area contributed by atoms with Crippen LogP contribution in [0.4, 0.5) is 22.0 Å². The molecule has 0 bridgehead atoms. The van der Waals surface area contributed by atoms with Crippen molar-refractivity contribution in [2.45, 2.75) is 26.0 Å². The van der Waals surface area contributed by atoms with Crippen LogP contribution in [0.2, 0.25) is 0 Å². The van der Waals surface area contributed by atoms with E-state index >= 15 is 0 Å². The maximum Gasteiger partial charge on any atom is 0.232 e. The Kier molecular flexibility index (Phi) is 5.78. The summed E-state index contributed by atoms with van der Waals surface area (Å²) in [6, 6.07) is 5.86. The monoisotopic (exact) mass is 320 g/mol. The summed E-state index contributed by atoms with van der Waals surface area (Å²) >= 11 is 0. The van der Waals surface area contributed by atoms with Crippen LogP contribution >= 0.6 is 0 Å². The molecule has 4 N–H and O–H groups in total. The molecule has 0 aliphatic carbocycles. The quantitative estimate of drug-likeness (QED) is 0.711. The lowest BCUT2D eigenvalue weighted by molar-refractivity contribution is 0.162. The zero-order chi connectivity index (χ0) is 16.8. The SMILES string of the molecule is CC(O)CCN(C)Cc1nc(N)nc(Nc2ccc(F)cc2)n1. The highest BCUT2D eigenvalue weighted by Gasteiger charge is 2.09. The van der Waals surface area contributed by atoms with Crippen LogP contribution in [0.15, 0.2) is 24.3 Å². The van der Waals surface area contributed by atoms with Gasteiger partial charge in [0.2, 0.25) is 11.9 Å². The fourth-order valence-corrected chi connectivity index (χ4v) is 1.95. The third-order valence-corrected chi connectivity index (χ3v) is 3.14. The summed E-state index contributed by atoms with van der Waals surface area (Å²) in [4.78, 5) is 14.4. The third kappa shape index (κ3) is 5.76. The zero-order valence-corrected chi connectivity index (χ0v) is 13.2. The molecule has 0 aliphatic rings. The van der Waals surface area contributed by atoms with E-state index in [0.717, 1.165) is 0 Å². The van der Waals surface area contributed by atoms with Gasteiger partial charge in [0, 0.05) is 12.2 Å². The highest BCUT2D eigenvalue weighted by Crippen LogP contribution is 2.14. The summed E-state index contributed by atoms with van der Waals surface area (Å²) in [6.07, 6.45) is 0.314. The van der Waals surface area contributed by atoms with E-state index in [9.17, 15) is 9.50 Å². The number of nitrogens with two attached hydrogens (primary N) is 1. The van der Waals surface area contributed by atoms with Gasteiger partial charge in [0.25, 0.3) is 0 Å². The van der Waals surface area contributed by atoms with E-state index in [0.29, 0.717) is 37.0 Å². The largest absolute Gasteiger partial charge is 0.393 e. The number of nitrogens with zero attached hydrogens (tertiary/aromatic N) is 4. The predicted octanol–water partition coefficient (Wildman–Crippen LogP) is 1.54. The highest BCUT2D eigenvalue weighted by molar-refractivity contribution is 5.53. The molecule has 1 aromatic heterocycles. The minimum atomic E-state index is -0.350. The van der Waals surface area contributed by atoms with Crippen LogP contribution in [-0.4, -0.2) is 44.7 Å². The van der Waals surface area contributed by atoms with Gasteiger partial charge < -0.3 is 16.2 Å². The van der Waals surface area contributed by atoms with E-state index in [4.69, 9.17) is 5.73 Å². The fourth-order valence-electron chi connectivity index (χ4n) is 1.95. The summed E-state index contributed by atoms with van der Waals surface area (Å²) in [5.41, 5.74) is 6.37. The Hall–Kier alpha value is -2.32. The fraction of sp³-hybridized carbons (Fsp3) is 0.400. The van der Waals surface area contributed by atoms with Crippen LogP contribution in [0.25, 0.3) is 0 Å². The van der Waals surface area contributed by atoms with E-state index in [2.05, 4.69) is 20.3 Å². The van der Waals surface area contributed by atoms with Gasteiger partial charge in [0.05, 0.1) is 12.6 Å². The summed E-state index contributed by atoms with van der Waals surface area (Å²) < 4.78 is 12.9. The van der Waals surface area contributed by atoms with Gasteiger partial charge in [-0.3, -0.25) is 4.90 Å². The normalized spacial score (nSPS) is 12.4. The lowest BCUT2D eigenvalue weighted by Crippen LogP contribution is -2.23. The molecule has 0 spiro atoms. The molecule has 1 atom stereocenters. The van der Waals surface area contributed by atoms with E-state index in [1.807, 2.05) is 11.9 Å². The van der Waals surface area contributed by atoms with Crippen molar-refractivity contribution in [2.75, 3.05) is 24.6 Å². The molecule has 0 saturated heterocycles. The number of aromatic nitrogens is 3. The molecule has 2 rings (SSSR count). The molecular weight excluding hydrogens is 299 g/mol. The van der Waals surface area contributed by atoms with Crippen molar-refractivity contribution in [3.8, 4) is 0 Å². The molecule has 0 fully saturated rings. The van der Waals surface area contributed by atoms with Gasteiger partial charge in [-0.1, -0.05) is 0 Å². The van der Waals surface area contributed by atoms with E-state index in [-0.39, 0.29) is 17.9 Å². The van der Waals surface area contributed by atoms with Gasteiger partial charge in [0.15, 0.2) is 0 Å². The average Bonchev–Trinajstić information content (AvgIpc) is 2.47. The summed E-state index contributed by atoms with van der Waals surface area (Å²) in [5, 5.41) is 12.3. The molecule has 1 unspecified atom stereocenters. The number of nitrogens with one attached hydrogen (secondary N) is 1. The van der Waals surface area contributed by atoms with Gasteiger partial charge in [-0.05, 0) is 44.7 Å². The van der Waals surface area contributed by atoms with E-state index < -0.39 is 0 Å². The van der Waals surface area contributed by atoms with Crippen LogP contribution in [-0.2, 0) is 6.54 Å². The van der Waals surface area contributed by atoms with E-state index in [1.54, 1.807) is 19.1 Å². The van der Waals surface area contributed by atoms with Crippen molar-refractivity contribution in [3.63, 3.8) is 0 Å². The number of hydrogen-bond donors (Lipinski definition) is 3. The van der Waals surface area contributed by atoms with Crippen LogP contribution in [0.5, 0.6) is 0 Å². The van der Waals surface area contributed by atoms with Gasteiger partial charge in [0.1, 0.15) is 11.6 Å². The Morgan fingerprint density at radius 2 is 1.96 bits per heavy atom. The molecule has 124 valence electrons. The minimum absolute atomic E-state index is 0.114. The van der Waals surface area contributed by atoms with Gasteiger partial charge in [-0.2, -0.15) is 15.0 Å². The predicted molar refractivity (Wildman–Crippen MR) is 86.6 cm³/mol. The molecule has 0 radical (unpaired) electrons. The Balaban J connectivity index is 2.04. The number of halogens is 1. The number of nitrogen functional groups attached to an aromatic ring is 1. The Morgan fingerprint density at radius 3 is 2.61 bits per heavy atom. The maximum absolute atomic E-state index is 12.9. The first-order valence-electron chi connectivity index (χ1n) is 7.32. The molecule has 0 amide bonds. The van der Waals surface area contributed by atoms with E-state index in [1.165, 1.54) is 12.1 Å². The Morgan fingerprint density at radius 1 is 1.26 bits per heavy atom. The van der Waals surface area contributed by atoms with Crippen LogP contribution in [0.1, 0.15) is 19.2 Å². The average molecular weight is 320 g/mol. The first kappa shape index (κ1) is 17.0. The lowest BCUT2D eigenvalue weighted by Gasteiger charge is -2.17. The second-order valence-electron chi connectivity index (χ2n) is 5.44. The third-order valence-electron chi connectivity index (χ3n) is 3.14. The highest BCUT2D eigenvalue weighted by atomic mass is 19.1. The molecule has 8 heteroatoms. The Labute approximate surface area is 134 Å². The second-order valence-corrected chi connectivity index (χ2v) is 5.44. The molecule has 2 aromatic rings. The first-order valence-corrected chi connectivity index (χ1v) is 7.32. The molecular formula is C15H21FN6O. The number of anilines is 3. The van der Waals surface area contributed by atoms with Crippen LogP contribution < -0.4 is 11.1 Å². The van der Waals surface area contributed by atoms with Crippen molar-refractivity contribution < 1.29 is 9.50 Å².